The van der Waals surface area contributed by atoms with E-state index in [9.17, 15) is 19.5 Å². The van der Waals surface area contributed by atoms with Crippen LogP contribution in [0.5, 0.6) is 0 Å². The van der Waals surface area contributed by atoms with Crippen LogP contribution >= 0.6 is 0 Å². The monoisotopic (exact) mass is 731 g/mol. The van der Waals surface area contributed by atoms with E-state index in [0.29, 0.717) is 61.1 Å². The minimum atomic E-state index is -0.760. The summed E-state index contributed by atoms with van der Waals surface area (Å²) >= 11 is 0. The van der Waals surface area contributed by atoms with Gasteiger partial charge in [0.1, 0.15) is 0 Å². The molecule has 0 aromatic heterocycles. The molecule has 1 aromatic carbocycles. The average Bonchev–Trinajstić information content (AvgIpc) is 3.51. The number of hydrogen-bond acceptors (Lipinski definition) is 4. The first-order valence-electron chi connectivity index (χ1n) is 21.2. The third kappa shape index (κ3) is 6.92. The number of aliphatic hydroxyl groups excluding tert-OH is 1. The summed E-state index contributed by atoms with van der Waals surface area (Å²) in [4.78, 5) is 38.2. The SMILES string of the molecule is C=C(C)[C@@H]1CCC2(C(=O)NCCc3cccc(C(=O)NCCCCCCC(=O)O)c3)CC[C@]3(C)C(CCC4C3(C)CCC3C(C)(C)[C@@H](O)CC[C@@]34C)C12. The van der Waals surface area contributed by atoms with Crippen molar-refractivity contribution in [2.24, 2.45) is 56.7 Å². The van der Waals surface area contributed by atoms with Crippen LogP contribution in [0.25, 0.3) is 0 Å². The maximum absolute atomic E-state index is 14.6. The Morgan fingerprint density at radius 3 is 2.30 bits per heavy atom. The molecule has 53 heavy (non-hydrogen) atoms. The minimum Gasteiger partial charge on any atom is -0.481 e. The highest BCUT2D eigenvalue weighted by Crippen LogP contribution is 2.77. The van der Waals surface area contributed by atoms with Gasteiger partial charge in [-0.25, -0.2) is 0 Å². The summed E-state index contributed by atoms with van der Waals surface area (Å²) in [6.45, 7) is 20.3. The number of carbonyl (C=O) groups is 3. The summed E-state index contributed by atoms with van der Waals surface area (Å²) in [6.07, 6.45) is 14.8. The van der Waals surface area contributed by atoms with Crippen LogP contribution in [0.3, 0.4) is 0 Å². The van der Waals surface area contributed by atoms with Crippen molar-refractivity contribution in [3.05, 3.63) is 47.5 Å². The molecule has 0 radical (unpaired) electrons. The Labute approximate surface area is 319 Å². The van der Waals surface area contributed by atoms with E-state index in [1.54, 1.807) is 0 Å². The lowest BCUT2D eigenvalue weighted by molar-refractivity contribution is -0.246. The predicted octanol–water partition coefficient (Wildman–Crippen LogP) is 9.13. The van der Waals surface area contributed by atoms with Crippen LogP contribution in [-0.4, -0.2) is 47.2 Å². The Kier molecular flexibility index (Phi) is 11.4. The van der Waals surface area contributed by atoms with Crippen LogP contribution in [0.4, 0.5) is 0 Å². The van der Waals surface area contributed by atoms with Gasteiger partial charge < -0.3 is 20.8 Å². The molecule has 0 aliphatic heterocycles. The number of unbranched alkanes of at least 4 members (excludes halogenated alkanes) is 3. The van der Waals surface area contributed by atoms with Crippen LogP contribution in [0.15, 0.2) is 36.4 Å². The van der Waals surface area contributed by atoms with E-state index in [-0.39, 0.29) is 51.4 Å². The zero-order valence-electron chi connectivity index (χ0n) is 33.8. The Morgan fingerprint density at radius 1 is 0.811 bits per heavy atom. The lowest BCUT2D eigenvalue weighted by atomic mass is 9.32. The largest absolute Gasteiger partial charge is 0.481 e. The zero-order valence-corrected chi connectivity index (χ0v) is 33.8. The maximum Gasteiger partial charge on any atom is 0.303 e. The zero-order chi connectivity index (χ0) is 38.4. The summed E-state index contributed by atoms with van der Waals surface area (Å²) in [6, 6.07) is 7.73. The fourth-order valence-electron chi connectivity index (χ4n) is 13.9. The smallest absolute Gasteiger partial charge is 0.303 e. The molecule has 0 saturated heterocycles. The number of aliphatic carboxylic acids is 1. The van der Waals surface area contributed by atoms with E-state index in [1.165, 1.54) is 31.3 Å². The molecule has 5 fully saturated rings. The van der Waals surface area contributed by atoms with E-state index in [1.807, 2.05) is 24.3 Å². The van der Waals surface area contributed by atoms with E-state index in [4.69, 9.17) is 5.11 Å². The second-order valence-electron chi connectivity index (χ2n) is 19.7. The van der Waals surface area contributed by atoms with Crippen molar-refractivity contribution in [2.45, 2.75) is 150 Å². The molecule has 10 atom stereocenters. The van der Waals surface area contributed by atoms with Gasteiger partial charge in [-0.3, -0.25) is 14.4 Å². The number of carboxylic acid groups (broad SMARTS) is 1. The van der Waals surface area contributed by atoms with Crippen molar-refractivity contribution >= 4 is 17.8 Å². The summed E-state index contributed by atoms with van der Waals surface area (Å²) < 4.78 is 0. The van der Waals surface area contributed by atoms with Crippen LogP contribution < -0.4 is 10.6 Å². The molecule has 0 bridgehead atoms. The van der Waals surface area contributed by atoms with Gasteiger partial charge in [-0.15, -0.1) is 0 Å². The Morgan fingerprint density at radius 2 is 1.57 bits per heavy atom. The van der Waals surface area contributed by atoms with Crippen molar-refractivity contribution in [1.29, 1.82) is 0 Å². The van der Waals surface area contributed by atoms with Gasteiger partial charge >= 0.3 is 5.97 Å². The highest BCUT2D eigenvalue weighted by Gasteiger charge is 2.71. The molecule has 1 aromatic rings. The Bertz CT molecular complexity index is 1550. The molecule has 6 unspecified atom stereocenters. The number of carbonyl (C=O) groups excluding carboxylic acids is 2. The van der Waals surface area contributed by atoms with Crippen molar-refractivity contribution < 1.29 is 24.6 Å². The molecule has 5 aliphatic carbocycles. The molecule has 4 N–H and O–H groups in total. The maximum atomic E-state index is 14.6. The molecule has 294 valence electrons. The van der Waals surface area contributed by atoms with Gasteiger partial charge in [0.15, 0.2) is 0 Å². The highest BCUT2D eigenvalue weighted by molar-refractivity contribution is 5.94. The first-order valence-corrected chi connectivity index (χ1v) is 21.2. The van der Waals surface area contributed by atoms with Gasteiger partial charge in [0, 0.05) is 25.1 Å². The van der Waals surface area contributed by atoms with Gasteiger partial charge in [-0.05, 0) is 159 Å². The Hall–Kier alpha value is -2.67. The topological polar surface area (TPSA) is 116 Å². The van der Waals surface area contributed by atoms with E-state index in [0.717, 1.165) is 63.4 Å². The fourth-order valence-corrected chi connectivity index (χ4v) is 13.9. The summed E-state index contributed by atoms with van der Waals surface area (Å²) in [5.41, 5.74) is 3.12. The second-order valence-corrected chi connectivity index (χ2v) is 19.7. The Balaban J connectivity index is 1.11. The summed E-state index contributed by atoms with van der Waals surface area (Å²) in [5, 5.41) is 26.3. The van der Waals surface area contributed by atoms with Crippen molar-refractivity contribution in [2.75, 3.05) is 13.1 Å². The fraction of sp³-hybridized carbons (Fsp3) is 0.761. The van der Waals surface area contributed by atoms with Gasteiger partial charge in [0.25, 0.3) is 5.91 Å². The number of allylic oxidation sites excluding steroid dienone is 1. The van der Waals surface area contributed by atoms with Gasteiger partial charge in [-0.1, -0.05) is 71.7 Å². The van der Waals surface area contributed by atoms with Gasteiger partial charge in [0.2, 0.25) is 5.91 Å². The van der Waals surface area contributed by atoms with Crippen molar-refractivity contribution in [3.63, 3.8) is 0 Å². The third-order valence-electron chi connectivity index (χ3n) is 17.0. The molecule has 0 heterocycles. The first-order chi connectivity index (χ1) is 25.0. The molecule has 2 amide bonds. The van der Waals surface area contributed by atoms with Crippen molar-refractivity contribution in [1.82, 2.24) is 10.6 Å². The highest BCUT2D eigenvalue weighted by atomic mass is 16.4. The predicted molar refractivity (Wildman–Crippen MR) is 211 cm³/mol. The molecule has 7 nitrogen and oxygen atoms in total. The summed E-state index contributed by atoms with van der Waals surface area (Å²) in [7, 11) is 0. The van der Waals surface area contributed by atoms with Crippen LogP contribution in [-0.2, 0) is 16.0 Å². The third-order valence-corrected chi connectivity index (χ3v) is 17.0. The molecule has 5 aliphatic rings. The first kappa shape index (κ1) is 40.0. The number of amides is 2. The number of carboxylic acids is 1. The number of rotatable bonds is 13. The number of hydrogen-bond donors (Lipinski definition) is 4. The standard InChI is InChI=1S/C46H70N2O5/c1-30(2)33-18-24-46(41(53)48-28-21-31-13-12-14-32(29-31)40(52)47-27-11-9-8-10-15-38(50)51)26-25-44(6)34(39(33)46)16-17-36-43(5)22-20-37(49)42(3,4)35(43)19-23-45(36,44)7/h12-14,29,33-37,39,49H,1,8-11,15-28H2,2-7H3,(H,47,52)(H,48,53)(H,50,51)/t33-,34?,35?,36?,37-,39?,43-,44+,45?,46?/m0/s1. The van der Waals surface area contributed by atoms with E-state index < -0.39 is 5.97 Å². The number of nitrogens with one attached hydrogen (secondary N) is 2. The molecular weight excluding hydrogens is 661 g/mol. The lowest BCUT2D eigenvalue weighted by Crippen LogP contribution is -2.67. The molecule has 7 heteroatoms. The summed E-state index contributed by atoms with van der Waals surface area (Å²) in [5.74, 6) is 1.75. The average molecular weight is 731 g/mol. The van der Waals surface area contributed by atoms with Gasteiger partial charge in [0.05, 0.1) is 11.5 Å². The van der Waals surface area contributed by atoms with Crippen LogP contribution in [0.2, 0.25) is 0 Å². The quantitative estimate of drug-likeness (QED) is 0.119. The van der Waals surface area contributed by atoms with Crippen LogP contribution in [0.1, 0.15) is 154 Å². The lowest BCUT2D eigenvalue weighted by Gasteiger charge is -2.72. The van der Waals surface area contributed by atoms with E-state index >= 15 is 0 Å². The van der Waals surface area contributed by atoms with Gasteiger partial charge in [-0.2, -0.15) is 0 Å². The van der Waals surface area contributed by atoms with Crippen LogP contribution in [0, 0.1) is 56.7 Å². The molecular formula is C46H70N2O5. The number of benzene rings is 1. The molecule has 5 saturated carbocycles. The minimum absolute atomic E-state index is 0.0530. The number of aliphatic hydroxyl groups is 1. The van der Waals surface area contributed by atoms with Crippen molar-refractivity contribution in [3.8, 4) is 0 Å². The molecule has 6 rings (SSSR count). The molecule has 0 spiro atoms. The second kappa shape index (κ2) is 15.1. The number of fused-ring (bicyclic) bond motifs is 7. The van der Waals surface area contributed by atoms with E-state index in [2.05, 4.69) is 58.8 Å². The normalized spacial score (nSPS) is 38.4.